The van der Waals surface area contributed by atoms with Crippen LogP contribution in [0.2, 0.25) is 0 Å². The quantitative estimate of drug-likeness (QED) is 0.560. The molecule has 1 saturated heterocycles. The maximum atomic E-state index is 11.2. The molecule has 0 radical (unpaired) electrons. The Hall–Kier alpha value is -0.130. The molecule has 0 unspecified atom stereocenters. The molecule has 1 rings (SSSR count). The SMILES string of the molecule is CN(C)S(=O)(=O)C1CNC1. The van der Waals surface area contributed by atoms with Gasteiger partial charge in [0.1, 0.15) is 5.25 Å². The molecule has 0 saturated carbocycles. The van der Waals surface area contributed by atoms with Crippen molar-refractivity contribution in [2.24, 2.45) is 0 Å². The van der Waals surface area contributed by atoms with Crippen LogP contribution < -0.4 is 5.32 Å². The Morgan fingerprint density at radius 3 is 2.00 bits per heavy atom. The summed E-state index contributed by atoms with van der Waals surface area (Å²) in [5.41, 5.74) is 0. The highest BCUT2D eigenvalue weighted by atomic mass is 32.2. The average Bonchev–Trinajstić information content (AvgIpc) is 1.57. The summed E-state index contributed by atoms with van der Waals surface area (Å²) < 4.78 is 23.7. The van der Waals surface area contributed by atoms with Gasteiger partial charge in [-0.1, -0.05) is 0 Å². The summed E-state index contributed by atoms with van der Waals surface area (Å²) in [4.78, 5) is 0. The first-order valence-corrected chi connectivity index (χ1v) is 4.67. The maximum Gasteiger partial charge on any atom is 0.218 e. The van der Waals surface area contributed by atoms with Crippen molar-refractivity contribution in [1.29, 1.82) is 0 Å². The standard InChI is InChI=1S/C5H12N2O2S/c1-7(2)10(8,9)5-3-6-4-5/h5-6H,3-4H2,1-2H3. The third-order valence-corrected chi connectivity index (χ3v) is 3.87. The van der Waals surface area contributed by atoms with Crippen molar-refractivity contribution in [3.05, 3.63) is 0 Å². The Morgan fingerprint density at radius 2 is 1.90 bits per heavy atom. The smallest absolute Gasteiger partial charge is 0.218 e. The lowest BCUT2D eigenvalue weighted by Crippen LogP contribution is -2.54. The van der Waals surface area contributed by atoms with Crippen LogP contribution in [0, 0.1) is 0 Å². The molecule has 0 aromatic heterocycles. The van der Waals surface area contributed by atoms with Gasteiger partial charge in [-0.25, -0.2) is 12.7 Å². The van der Waals surface area contributed by atoms with Gasteiger partial charge >= 0.3 is 0 Å². The fraction of sp³-hybridized carbons (Fsp3) is 1.00. The Balaban J connectivity index is 2.68. The Bertz CT molecular complexity index is 206. The molecule has 0 atom stereocenters. The topological polar surface area (TPSA) is 49.4 Å². The van der Waals surface area contributed by atoms with Gasteiger partial charge in [-0.3, -0.25) is 0 Å². The van der Waals surface area contributed by atoms with Crippen molar-refractivity contribution in [1.82, 2.24) is 9.62 Å². The van der Waals surface area contributed by atoms with Crippen LogP contribution >= 0.6 is 0 Å². The normalized spacial score (nSPS) is 21.1. The summed E-state index contributed by atoms with van der Waals surface area (Å²) in [5.74, 6) is 0. The van der Waals surface area contributed by atoms with Crippen molar-refractivity contribution in [3.8, 4) is 0 Å². The molecule has 1 heterocycles. The van der Waals surface area contributed by atoms with Crippen LogP contribution in [0.15, 0.2) is 0 Å². The lowest BCUT2D eigenvalue weighted by molar-refractivity contribution is 0.453. The molecule has 1 aliphatic rings. The monoisotopic (exact) mass is 164 g/mol. The zero-order valence-electron chi connectivity index (χ0n) is 6.16. The van der Waals surface area contributed by atoms with E-state index in [0.29, 0.717) is 13.1 Å². The molecule has 4 nitrogen and oxygen atoms in total. The van der Waals surface area contributed by atoms with Gasteiger partial charge in [0.05, 0.1) is 0 Å². The summed E-state index contributed by atoms with van der Waals surface area (Å²) >= 11 is 0. The number of nitrogens with one attached hydrogen (secondary N) is 1. The molecule has 0 aromatic carbocycles. The van der Waals surface area contributed by atoms with E-state index in [4.69, 9.17) is 0 Å². The third-order valence-electron chi connectivity index (χ3n) is 1.67. The molecule has 1 N–H and O–H groups in total. The number of nitrogens with zero attached hydrogens (tertiary/aromatic N) is 1. The van der Waals surface area contributed by atoms with E-state index >= 15 is 0 Å². The van der Waals surface area contributed by atoms with E-state index in [9.17, 15) is 8.42 Å². The van der Waals surface area contributed by atoms with Gasteiger partial charge in [-0.05, 0) is 0 Å². The van der Waals surface area contributed by atoms with E-state index < -0.39 is 10.0 Å². The highest BCUT2D eigenvalue weighted by Crippen LogP contribution is 2.08. The second kappa shape index (κ2) is 2.48. The molecule has 10 heavy (non-hydrogen) atoms. The second-order valence-corrected chi connectivity index (χ2v) is 5.03. The maximum absolute atomic E-state index is 11.2. The molecular weight excluding hydrogens is 152 g/mol. The average molecular weight is 164 g/mol. The van der Waals surface area contributed by atoms with Crippen LogP contribution in [0.1, 0.15) is 0 Å². The molecule has 60 valence electrons. The largest absolute Gasteiger partial charge is 0.314 e. The number of hydrogen-bond donors (Lipinski definition) is 1. The number of rotatable bonds is 2. The molecule has 0 spiro atoms. The summed E-state index contributed by atoms with van der Waals surface area (Å²) in [6.07, 6.45) is 0. The van der Waals surface area contributed by atoms with Crippen LogP contribution in [0.4, 0.5) is 0 Å². The zero-order valence-corrected chi connectivity index (χ0v) is 6.98. The van der Waals surface area contributed by atoms with Crippen molar-refractivity contribution >= 4 is 10.0 Å². The molecule has 1 aliphatic heterocycles. The van der Waals surface area contributed by atoms with Gasteiger partial charge in [0.15, 0.2) is 0 Å². The summed E-state index contributed by atoms with van der Waals surface area (Å²) in [7, 11) is 0.157. The fourth-order valence-corrected chi connectivity index (χ4v) is 2.02. The fourth-order valence-electron chi connectivity index (χ4n) is 0.771. The Morgan fingerprint density at radius 1 is 1.40 bits per heavy atom. The zero-order chi connectivity index (χ0) is 7.78. The minimum atomic E-state index is -2.97. The molecular formula is C5H12N2O2S. The van der Waals surface area contributed by atoms with E-state index in [0.717, 1.165) is 0 Å². The Kier molecular flexibility index (Phi) is 1.98. The first kappa shape index (κ1) is 7.97. The van der Waals surface area contributed by atoms with E-state index in [1.54, 1.807) is 14.1 Å². The third kappa shape index (κ3) is 1.16. The first-order chi connectivity index (χ1) is 4.55. The highest BCUT2D eigenvalue weighted by Gasteiger charge is 2.32. The van der Waals surface area contributed by atoms with Gasteiger partial charge in [-0.2, -0.15) is 0 Å². The van der Waals surface area contributed by atoms with Gasteiger partial charge in [0.25, 0.3) is 0 Å². The predicted molar refractivity (Wildman–Crippen MR) is 39.3 cm³/mol. The molecule has 1 fully saturated rings. The van der Waals surface area contributed by atoms with Crippen molar-refractivity contribution in [2.75, 3.05) is 27.2 Å². The molecule has 0 aliphatic carbocycles. The second-order valence-electron chi connectivity index (χ2n) is 2.61. The Labute approximate surface area is 61.3 Å². The lowest BCUT2D eigenvalue weighted by Gasteiger charge is -2.29. The van der Waals surface area contributed by atoms with Crippen LogP contribution in [-0.4, -0.2) is 45.2 Å². The van der Waals surface area contributed by atoms with Crippen molar-refractivity contribution < 1.29 is 8.42 Å². The van der Waals surface area contributed by atoms with Gasteiger partial charge in [0.2, 0.25) is 10.0 Å². The first-order valence-electron chi connectivity index (χ1n) is 3.17. The lowest BCUT2D eigenvalue weighted by atomic mass is 10.3. The minimum Gasteiger partial charge on any atom is -0.314 e. The molecule has 0 bridgehead atoms. The summed E-state index contributed by atoms with van der Waals surface area (Å²) in [5, 5.41) is 2.72. The van der Waals surface area contributed by atoms with Crippen LogP contribution in [0.5, 0.6) is 0 Å². The molecule has 0 amide bonds. The summed E-state index contributed by atoms with van der Waals surface area (Å²) in [6, 6.07) is 0. The van der Waals surface area contributed by atoms with E-state index in [1.807, 2.05) is 0 Å². The van der Waals surface area contributed by atoms with Gasteiger partial charge < -0.3 is 5.32 Å². The molecule has 5 heteroatoms. The van der Waals surface area contributed by atoms with Crippen LogP contribution in [-0.2, 0) is 10.0 Å². The highest BCUT2D eigenvalue weighted by molar-refractivity contribution is 7.89. The van der Waals surface area contributed by atoms with Crippen molar-refractivity contribution in [2.45, 2.75) is 5.25 Å². The minimum absolute atomic E-state index is 0.192. The van der Waals surface area contributed by atoms with Crippen LogP contribution in [0.3, 0.4) is 0 Å². The van der Waals surface area contributed by atoms with E-state index in [2.05, 4.69) is 5.32 Å². The van der Waals surface area contributed by atoms with E-state index in [1.165, 1.54) is 4.31 Å². The predicted octanol–water partition coefficient (Wildman–Crippen LogP) is -1.15. The van der Waals surface area contributed by atoms with Crippen LogP contribution in [0.25, 0.3) is 0 Å². The van der Waals surface area contributed by atoms with E-state index in [-0.39, 0.29) is 5.25 Å². The van der Waals surface area contributed by atoms with Gasteiger partial charge in [-0.15, -0.1) is 0 Å². The van der Waals surface area contributed by atoms with Gasteiger partial charge in [0, 0.05) is 27.2 Å². The van der Waals surface area contributed by atoms with Crippen molar-refractivity contribution in [3.63, 3.8) is 0 Å². The summed E-state index contributed by atoms with van der Waals surface area (Å²) in [6.45, 7) is 1.20. The number of hydrogen-bond acceptors (Lipinski definition) is 3. The number of sulfonamides is 1. The molecule has 0 aromatic rings.